The van der Waals surface area contributed by atoms with Gasteiger partial charge in [0.25, 0.3) is 0 Å². The number of hydrogen-bond donors (Lipinski definition) is 3. The molecule has 0 saturated carbocycles. The number of carbonyl (C=O) groups excluding carboxylic acids is 1. The first-order valence-corrected chi connectivity index (χ1v) is 11.0. The molecule has 2 atom stereocenters. The van der Waals surface area contributed by atoms with E-state index in [0.29, 0.717) is 24.5 Å². The zero-order valence-corrected chi connectivity index (χ0v) is 16.5. The summed E-state index contributed by atoms with van der Waals surface area (Å²) in [5.74, 6) is 0.873. The number of ether oxygens (including phenoxy) is 1. The largest absolute Gasteiger partial charge is 0.494 e. The van der Waals surface area contributed by atoms with Gasteiger partial charge in [0.05, 0.1) is 11.5 Å². The molecule has 1 amide bonds. The first-order valence-electron chi connectivity index (χ1n) is 8.08. The minimum absolute atomic E-state index is 0.0878. The fourth-order valence-corrected chi connectivity index (χ4v) is 3.72. The van der Waals surface area contributed by atoms with Gasteiger partial charge in [0.2, 0.25) is 15.9 Å². The summed E-state index contributed by atoms with van der Waals surface area (Å²) in [5, 5.41) is 2.72. The van der Waals surface area contributed by atoms with Gasteiger partial charge in [-0.1, -0.05) is 0 Å². The number of hydrogen-bond acceptors (Lipinski definition) is 6. The molecule has 0 aromatic heterocycles. The van der Waals surface area contributed by atoms with Crippen LogP contribution in [0.15, 0.2) is 29.2 Å². The van der Waals surface area contributed by atoms with Crippen LogP contribution in [-0.4, -0.2) is 51.6 Å². The Morgan fingerprint density at radius 2 is 1.96 bits per heavy atom. The normalized spacial score (nSPS) is 13.9. The van der Waals surface area contributed by atoms with E-state index in [-0.39, 0.29) is 23.4 Å². The molecule has 0 saturated heterocycles. The average molecular weight is 390 g/mol. The topological polar surface area (TPSA) is 111 Å². The van der Waals surface area contributed by atoms with Gasteiger partial charge >= 0.3 is 0 Å². The van der Waals surface area contributed by atoms with Crippen molar-refractivity contribution in [1.82, 2.24) is 10.0 Å². The fourth-order valence-electron chi connectivity index (χ4n) is 2.02. The Labute approximate surface area is 154 Å². The third-order valence-electron chi connectivity index (χ3n) is 3.41. The first-order chi connectivity index (χ1) is 11.8. The SMILES string of the molecule is CCOc1ccc(S(=O)(=O)NC(CCSC)C(=O)N[C@@H](C)CN)cc1. The predicted octanol–water partition coefficient (Wildman–Crippen LogP) is 0.949. The van der Waals surface area contributed by atoms with Gasteiger partial charge in [-0.3, -0.25) is 4.79 Å². The van der Waals surface area contributed by atoms with E-state index >= 15 is 0 Å². The Bertz CT molecular complexity index is 635. The molecule has 25 heavy (non-hydrogen) atoms. The van der Waals surface area contributed by atoms with Crippen LogP contribution in [0, 0.1) is 0 Å². The minimum Gasteiger partial charge on any atom is -0.494 e. The number of thioether (sulfide) groups is 1. The molecule has 1 aromatic carbocycles. The second kappa shape index (κ2) is 10.6. The van der Waals surface area contributed by atoms with Gasteiger partial charge in [0.1, 0.15) is 11.8 Å². The van der Waals surface area contributed by atoms with Crippen LogP contribution in [0.5, 0.6) is 5.75 Å². The van der Waals surface area contributed by atoms with Gasteiger partial charge in [0.15, 0.2) is 0 Å². The van der Waals surface area contributed by atoms with E-state index in [0.717, 1.165) is 0 Å². The highest BCUT2D eigenvalue weighted by Gasteiger charge is 2.26. The van der Waals surface area contributed by atoms with Crippen molar-refractivity contribution < 1.29 is 17.9 Å². The number of amides is 1. The number of carbonyl (C=O) groups is 1. The lowest BCUT2D eigenvalue weighted by Crippen LogP contribution is -2.50. The minimum atomic E-state index is -3.82. The van der Waals surface area contributed by atoms with E-state index < -0.39 is 16.1 Å². The number of benzene rings is 1. The molecule has 142 valence electrons. The van der Waals surface area contributed by atoms with Crippen LogP contribution >= 0.6 is 11.8 Å². The van der Waals surface area contributed by atoms with E-state index in [1.807, 2.05) is 13.2 Å². The Morgan fingerprint density at radius 1 is 1.32 bits per heavy atom. The van der Waals surface area contributed by atoms with Crippen molar-refractivity contribution in [2.24, 2.45) is 5.73 Å². The van der Waals surface area contributed by atoms with Crippen LogP contribution in [0.4, 0.5) is 0 Å². The van der Waals surface area contributed by atoms with E-state index in [4.69, 9.17) is 10.5 Å². The highest BCUT2D eigenvalue weighted by atomic mass is 32.2. The molecule has 0 aliphatic carbocycles. The molecule has 0 bridgehead atoms. The predicted molar refractivity (Wildman–Crippen MR) is 101 cm³/mol. The van der Waals surface area contributed by atoms with Crippen molar-refractivity contribution in [2.75, 3.05) is 25.2 Å². The number of nitrogens with two attached hydrogens (primary N) is 1. The molecule has 4 N–H and O–H groups in total. The van der Waals surface area contributed by atoms with E-state index in [1.165, 1.54) is 12.1 Å². The van der Waals surface area contributed by atoms with Gasteiger partial charge in [-0.05, 0) is 56.5 Å². The summed E-state index contributed by atoms with van der Waals surface area (Å²) in [7, 11) is -3.82. The van der Waals surface area contributed by atoms with Crippen molar-refractivity contribution in [3.8, 4) is 5.75 Å². The zero-order chi connectivity index (χ0) is 18.9. The van der Waals surface area contributed by atoms with Gasteiger partial charge in [0, 0.05) is 12.6 Å². The second-order valence-electron chi connectivity index (χ2n) is 5.51. The van der Waals surface area contributed by atoms with Crippen LogP contribution in [0.1, 0.15) is 20.3 Å². The highest BCUT2D eigenvalue weighted by molar-refractivity contribution is 7.98. The lowest BCUT2D eigenvalue weighted by Gasteiger charge is -2.20. The summed E-state index contributed by atoms with van der Waals surface area (Å²) in [4.78, 5) is 12.4. The first kappa shape index (κ1) is 21.8. The smallest absolute Gasteiger partial charge is 0.241 e. The van der Waals surface area contributed by atoms with Crippen LogP contribution in [-0.2, 0) is 14.8 Å². The summed E-state index contributed by atoms with van der Waals surface area (Å²) in [6, 6.07) is 5.02. The average Bonchev–Trinajstić information content (AvgIpc) is 2.59. The number of sulfonamides is 1. The molecule has 0 aliphatic heterocycles. The molecule has 1 unspecified atom stereocenters. The lowest BCUT2D eigenvalue weighted by molar-refractivity contribution is -0.123. The van der Waals surface area contributed by atoms with Crippen molar-refractivity contribution in [3.05, 3.63) is 24.3 Å². The van der Waals surface area contributed by atoms with Gasteiger partial charge in [-0.15, -0.1) is 0 Å². The van der Waals surface area contributed by atoms with Crippen LogP contribution in [0.2, 0.25) is 0 Å². The summed E-state index contributed by atoms with van der Waals surface area (Å²) < 4.78 is 32.9. The highest BCUT2D eigenvalue weighted by Crippen LogP contribution is 2.17. The molecule has 0 spiro atoms. The third kappa shape index (κ3) is 7.23. The zero-order valence-electron chi connectivity index (χ0n) is 14.8. The Balaban J connectivity index is 2.90. The van der Waals surface area contributed by atoms with Crippen molar-refractivity contribution >= 4 is 27.7 Å². The summed E-state index contributed by atoms with van der Waals surface area (Å²) >= 11 is 1.55. The number of rotatable bonds is 11. The molecule has 0 aliphatic rings. The molecule has 7 nitrogen and oxygen atoms in total. The monoisotopic (exact) mass is 389 g/mol. The molecular formula is C16H27N3O4S2. The van der Waals surface area contributed by atoms with Gasteiger partial charge in [-0.25, -0.2) is 8.42 Å². The second-order valence-corrected chi connectivity index (χ2v) is 8.20. The van der Waals surface area contributed by atoms with Crippen LogP contribution in [0.3, 0.4) is 0 Å². The maximum atomic E-state index is 12.6. The summed E-state index contributed by atoms with van der Waals surface area (Å²) in [5.41, 5.74) is 5.51. The van der Waals surface area contributed by atoms with E-state index in [9.17, 15) is 13.2 Å². The quantitative estimate of drug-likeness (QED) is 0.520. The van der Waals surface area contributed by atoms with Crippen molar-refractivity contribution in [3.63, 3.8) is 0 Å². The third-order valence-corrected chi connectivity index (χ3v) is 5.54. The maximum Gasteiger partial charge on any atom is 0.241 e. The Kier molecular flexibility index (Phi) is 9.26. The molecule has 0 fully saturated rings. The molecule has 1 rings (SSSR count). The standard InChI is InChI=1S/C16H27N3O4S2/c1-4-23-13-5-7-14(8-6-13)25(21,22)19-15(9-10-24-3)16(20)18-12(2)11-17/h5-8,12,15,19H,4,9-11,17H2,1-3H3,(H,18,20)/t12-,15?/m0/s1. The van der Waals surface area contributed by atoms with Gasteiger partial charge in [-0.2, -0.15) is 16.5 Å². The number of nitrogens with one attached hydrogen (secondary N) is 2. The Hall–Kier alpha value is -1.29. The molecular weight excluding hydrogens is 362 g/mol. The molecule has 1 aromatic rings. The van der Waals surface area contributed by atoms with Crippen molar-refractivity contribution in [1.29, 1.82) is 0 Å². The molecule has 0 heterocycles. The van der Waals surface area contributed by atoms with Crippen LogP contribution < -0.4 is 20.5 Å². The Morgan fingerprint density at radius 3 is 2.48 bits per heavy atom. The van der Waals surface area contributed by atoms with Gasteiger partial charge < -0.3 is 15.8 Å². The summed E-state index contributed by atoms with van der Waals surface area (Å²) in [6.07, 6.45) is 2.29. The summed E-state index contributed by atoms with van der Waals surface area (Å²) in [6.45, 7) is 4.40. The maximum absolute atomic E-state index is 12.6. The molecule has 9 heteroatoms. The lowest BCUT2D eigenvalue weighted by atomic mass is 10.2. The van der Waals surface area contributed by atoms with E-state index in [1.54, 1.807) is 30.8 Å². The molecule has 0 radical (unpaired) electrons. The fraction of sp³-hybridized carbons (Fsp3) is 0.562. The van der Waals surface area contributed by atoms with Crippen molar-refractivity contribution in [2.45, 2.75) is 37.2 Å². The van der Waals surface area contributed by atoms with Crippen LogP contribution in [0.25, 0.3) is 0 Å². The van der Waals surface area contributed by atoms with E-state index in [2.05, 4.69) is 10.0 Å².